The number of hydrogen-bond acceptors (Lipinski definition) is 2. The number of rotatable bonds is 3. The van der Waals surface area contributed by atoms with Crippen LogP contribution >= 0.6 is 0 Å². The molecule has 1 aliphatic rings. The van der Waals surface area contributed by atoms with Gasteiger partial charge in [0.2, 0.25) is 0 Å². The van der Waals surface area contributed by atoms with Gasteiger partial charge in [-0.15, -0.1) is 0 Å². The van der Waals surface area contributed by atoms with E-state index in [9.17, 15) is 4.39 Å². The second-order valence-corrected chi connectivity index (χ2v) is 6.37. The molecular formula is C19H23FN2. The Morgan fingerprint density at radius 3 is 2.59 bits per heavy atom. The van der Waals surface area contributed by atoms with Crippen molar-refractivity contribution in [3.8, 4) is 0 Å². The van der Waals surface area contributed by atoms with Gasteiger partial charge in [-0.25, -0.2) is 4.39 Å². The Hall–Kier alpha value is -1.87. The molecule has 2 aromatic carbocycles. The fourth-order valence-corrected chi connectivity index (χ4v) is 3.02. The number of benzene rings is 2. The SMILES string of the molecule is CC(C)C1CN(Cc2ccc(F)cc2)c2ccccc2CN1. The van der Waals surface area contributed by atoms with Crippen LogP contribution < -0.4 is 10.2 Å². The van der Waals surface area contributed by atoms with Crippen LogP contribution in [-0.4, -0.2) is 12.6 Å². The van der Waals surface area contributed by atoms with Gasteiger partial charge >= 0.3 is 0 Å². The molecule has 0 radical (unpaired) electrons. The lowest BCUT2D eigenvalue weighted by molar-refractivity contribution is 0.403. The van der Waals surface area contributed by atoms with Crippen molar-refractivity contribution in [3.05, 3.63) is 65.5 Å². The van der Waals surface area contributed by atoms with E-state index in [-0.39, 0.29) is 5.82 Å². The summed E-state index contributed by atoms with van der Waals surface area (Å²) in [7, 11) is 0. The molecule has 0 saturated carbocycles. The maximum absolute atomic E-state index is 13.1. The Balaban J connectivity index is 1.89. The predicted octanol–water partition coefficient (Wildman–Crippen LogP) is 3.96. The summed E-state index contributed by atoms with van der Waals surface area (Å²) in [6.45, 7) is 7.18. The Labute approximate surface area is 132 Å². The number of fused-ring (bicyclic) bond motifs is 1. The van der Waals surface area contributed by atoms with E-state index in [1.54, 1.807) is 0 Å². The van der Waals surface area contributed by atoms with Crippen LogP contribution in [0.3, 0.4) is 0 Å². The molecule has 1 heterocycles. The lowest BCUT2D eigenvalue weighted by Gasteiger charge is -2.29. The second-order valence-electron chi connectivity index (χ2n) is 6.37. The highest BCUT2D eigenvalue weighted by Gasteiger charge is 2.23. The smallest absolute Gasteiger partial charge is 0.123 e. The monoisotopic (exact) mass is 298 g/mol. The van der Waals surface area contributed by atoms with Crippen LogP contribution in [0.1, 0.15) is 25.0 Å². The number of anilines is 1. The highest BCUT2D eigenvalue weighted by atomic mass is 19.1. The quantitative estimate of drug-likeness (QED) is 0.922. The van der Waals surface area contributed by atoms with Crippen LogP contribution in [0, 0.1) is 11.7 Å². The van der Waals surface area contributed by atoms with Crippen molar-refractivity contribution in [2.24, 2.45) is 5.92 Å². The molecule has 0 aliphatic carbocycles. The first-order valence-corrected chi connectivity index (χ1v) is 7.94. The summed E-state index contributed by atoms with van der Waals surface area (Å²) in [6.07, 6.45) is 0. The molecule has 0 saturated heterocycles. The van der Waals surface area contributed by atoms with Gasteiger partial charge in [0.25, 0.3) is 0 Å². The molecule has 116 valence electrons. The number of para-hydroxylation sites is 1. The summed E-state index contributed by atoms with van der Waals surface area (Å²) in [4.78, 5) is 2.41. The lowest BCUT2D eigenvalue weighted by Crippen LogP contribution is -2.41. The Bertz CT molecular complexity index is 622. The van der Waals surface area contributed by atoms with Crippen LogP contribution in [0.2, 0.25) is 0 Å². The van der Waals surface area contributed by atoms with Crippen LogP contribution in [0.5, 0.6) is 0 Å². The van der Waals surface area contributed by atoms with Crippen molar-refractivity contribution in [3.63, 3.8) is 0 Å². The fourth-order valence-electron chi connectivity index (χ4n) is 3.02. The van der Waals surface area contributed by atoms with E-state index >= 15 is 0 Å². The molecule has 2 aromatic rings. The van der Waals surface area contributed by atoms with E-state index in [4.69, 9.17) is 0 Å². The van der Waals surface area contributed by atoms with Gasteiger partial charge < -0.3 is 10.2 Å². The predicted molar refractivity (Wildman–Crippen MR) is 89.4 cm³/mol. The van der Waals surface area contributed by atoms with Gasteiger partial charge in [-0.1, -0.05) is 44.2 Å². The lowest BCUT2D eigenvalue weighted by atomic mass is 10.0. The molecular weight excluding hydrogens is 275 g/mol. The normalized spacial score (nSPS) is 18.2. The third kappa shape index (κ3) is 3.30. The summed E-state index contributed by atoms with van der Waals surface area (Å²) in [5.74, 6) is 0.395. The first kappa shape index (κ1) is 15.0. The summed E-state index contributed by atoms with van der Waals surface area (Å²) in [6, 6.07) is 15.8. The van der Waals surface area contributed by atoms with Crippen LogP contribution in [0.4, 0.5) is 10.1 Å². The summed E-state index contributed by atoms with van der Waals surface area (Å²) < 4.78 is 13.1. The Morgan fingerprint density at radius 2 is 1.86 bits per heavy atom. The minimum Gasteiger partial charge on any atom is -0.365 e. The fraction of sp³-hybridized carbons (Fsp3) is 0.368. The van der Waals surface area contributed by atoms with Gasteiger partial charge in [0.1, 0.15) is 5.82 Å². The molecule has 0 fully saturated rings. The van der Waals surface area contributed by atoms with Gasteiger partial charge in [-0.3, -0.25) is 0 Å². The third-order valence-electron chi connectivity index (χ3n) is 4.40. The Kier molecular flexibility index (Phi) is 4.44. The molecule has 1 N–H and O–H groups in total. The Morgan fingerprint density at radius 1 is 1.14 bits per heavy atom. The number of halogens is 1. The van der Waals surface area contributed by atoms with Crippen LogP contribution in [-0.2, 0) is 13.1 Å². The van der Waals surface area contributed by atoms with Gasteiger partial charge in [-0.05, 0) is 35.2 Å². The van der Waals surface area contributed by atoms with Crippen molar-refractivity contribution < 1.29 is 4.39 Å². The maximum Gasteiger partial charge on any atom is 0.123 e. The van der Waals surface area contributed by atoms with E-state index in [0.717, 1.165) is 25.2 Å². The standard InChI is InChI=1S/C19H23FN2/c1-14(2)18-13-22(12-15-7-9-17(20)10-8-15)19-6-4-3-5-16(19)11-21-18/h3-10,14,18,21H,11-13H2,1-2H3. The highest BCUT2D eigenvalue weighted by molar-refractivity contribution is 5.55. The molecule has 22 heavy (non-hydrogen) atoms. The van der Waals surface area contributed by atoms with Crippen LogP contribution in [0.15, 0.2) is 48.5 Å². The molecule has 0 spiro atoms. The van der Waals surface area contributed by atoms with E-state index in [0.29, 0.717) is 12.0 Å². The minimum atomic E-state index is -0.179. The van der Waals surface area contributed by atoms with Gasteiger partial charge in [-0.2, -0.15) is 0 Å². The molecule has 1 atom stereocenters. The van der Waals surface area contributed by atoms with E-state index in [1.165, 1.54) is 23.4 Å². The molecule has 3 heteroatoms. The zero-order chi connectivity index (χ0) is 15.5. The zero-order valence-electron chi connectivity index (χ0n) is 13.2. The second kappa shape index (κ2) is 6.49. The molecule has 0 amide bonds. The van der Waals surface area contributed by atoms with E-state index < -0.39 is 0 Å². The van der Waals surface area contributed by atoms with Crippen molar-refractivity contribution in [1.29, 1.82) is 0 Å². The van der Waals surface area contributed by atoms with Crippen molar-refractivity contribution in [1.82, 2.24) is 5.32 Å². The number of nitrogens with zero attached hydrogens (tertiary/aromatic N) is 1. The van der Waals surface area contributed by atoms with Gasteiger partial charge in [0.05, 0.1) is 0 Å². The largest absolute Gasteiger partial charge is 0.365 e. The summed E-state index contributed by atoms with van der Waals surface area (Å²) >= 11 is 0. The molecule has 1 aliphatic heterocycles. The average Bonchev–Trinajstić information content (AvgIpc) is 2.70. The van der Waals surface area contributed by atoms with E-state index in [2.05, 4.69) is 48.3 Å². The number of nitrogens with one attached hydrogen (secondary N) is 1. The molecule has 1 unspecified atom stereocenters. The highest BCUT2D eigenvalue weighted by Crippen LogP contribution is 2.26. The van der Waals surface area contributed by atoms with Crippen molar-refractivity contribution in [2.75, 3.05) is 11.4 Å². The molecule has 3 rings (SSSR count). The molecule has 0 aromatic heterocycles. The first-order valence-electron chi connectivity index (χ1n) is 7.94. The zero-order valence-corrected chi connectivity index (χ0v) is 13.2. The number of hydrogen-bond donors (Lipinski definition) is 1. The summed E-state index contributed by atoms with van der Waals surface area (Å²) in [5, 5.41) is 3.66. The maximum atomic E-state index is 13.1. The van der Waals surface area contributed by atoms with Gasteiger partial charge in [0.15, 0.2) is 0 Å². The van der Waals surface area contributed by atoms with E-state index in [1.807, 2.05) is 12.1 Å². The average molecular weight is 298 g/mol. The third-order valence-corrected chi connectivity index (χ3v) is 4.40. The molecule has 0 bridgehead atoms. The first-order chi connectivity index (χ1) is 10.6. The molecule has 2 nitrogen and oxygen atoms in total. The van der Waals surface area contributed by atoms with Crippen molar-refractivity contribution >= 4 is 5.69 Å². The van der Waals surface area contributed by atoms with Crippen LogP contribution in [0.25, 0.3) is 0 Å². The summed E-state index contributed by atoms with van der Waals surface area (Å²) in [5.41, 5.74) is 3.75. The van der Waals surface area contributed by atoms with Crippen molar-refractivity contribution in [2.45, 2.75) is 33.0 Å². The topological polar surface area (TPSA) is 15.3 Å². The minimum absolute atomic E-state index is 0.179. The van der Waals surface area contributed by atoms with Gasteiger partial charge in [0, 0.05) is 31.4 Å².